The third-order valence-electron chi connectivity index (χ3n) is 3.28. The largest absolute Gasteiger partial charge is 0.365 e. The summed E-state index contributed by atoms with van der Waals surface area (Å²) in [5, 5.41) is 0. The first kappa shape index (κ1) is 11.0. The van der Waals surface area contributed by atoms with Crippen molar-refractivity contribution in [1.29, 1.82) is 0 Å². The molecule has 0 radical (unpaired) electrons. The molecule has 1 aromatic heterocycles. The molecule has 1 aliphatic rings. The number of halogens is 1. The molecule has 2 heterocycles. The number of aromatic amines is 1. The average molecular weight is 244 g/mol. The minimum absolute atomic E-state index is 0.110. The minimum Gasteiger partial charge on any atom is -0.365 e. The number of carbonyl (C=O) groups excluding carboxylic acids is 1. The van der Waals surface area contributed by atoms with E-state index in [1.54, 1.807) is 17.0 Å². The number of nitrogens with zero attached hydrogens (tertiary/aromatic N) is 1. The van der Waals surface area contributed by atoms with Crippen LogP contribution in [0.5, 0.6) is 0 Å². The van der Waals surface area contributed by atoms with Gasteiger partial charge in [-0.1, -0.05) is 6.07 Å². The zero-order valence-electron chi connectivity index (χ0n) is 9.82. The Morgan fingerprint density at radius 1 is 1.33 bits per heavy atom. The van der Waals surface area contributed by atoms with Crippen molar-refractivity contribution in [3.63, 3.8) is 0 Å². The summed E-state index contributed by atoms with van der Waals surface area (Å²) < 4.78 is 13.1. The van der Waals surface area contributed by atoms with Crippen molar-refractivity contribution in [1.82, 2.24) is 9.88 Å². The van der Waals surface area contributed by atoms with Gasteiger partial charge >= 0.3 is 0 Å². The topological polar surface area (TPSA) is 36.1 Å². The molecule has 1 amide bonds. The van der Waals surface area contributed by atoms with Gasteiger partial charge in [0.25, 0.3) is 5.91 Å². The van der Waals surface area contributed by atoms with E-state index in [2.05, 4.69) is 4.98 Å². The van der Waals surface area contributed by atoms with Gasteiger partial charge in [-0.15, -0.1) is 0 Å². The quantitative estimate of drug-likeness (QED) is 0.821. The summed E-state index contributed by atoms with van der Waals surface area (Å²) in [7, 11) is 0. The van der Waals surface area contributed by atoms with Crippen LogP contribution in [0.4, 0.5) is 4.39 Å². The molecule has 0 bridgehead atoms. The van der Waals surface area contributed by atoms with Crippen LogP contribution in [0.15, 0.2) is 36.5 Å². The SMILES string of the molecule is O=C(c1cccc(F)c1)N1CCc2[nH]ccc2C1. The van der Waals surface area contributed by atoms with E-state index in [0.717, 1.165) is 12.0 Å². The Morgan fingerprint density at radius 2 is 2.22 bits per heavy atom. The Hall–Kier alpha value is -2.10. The highest BCUT2D eigenvalue weighted by Crippen LogP contribution is 2.19. The molecule has 0 atom stereocenters. The van der Waals surface area contributed by atoms with Crippen LogP contribution in [0.1, 0.15) is 21.6 Å². The first-order valence-electron chi connectivity index (χ1n) is 5.94. The summed E-state index contributed by atoms with van der Waals surface area (Å²) in [4.78, 5) is 17.2. The lowest BCUT2D eigenvalue weighted by atomic mass is 10.1. The third-order valence-corrected chi connectivity index (χ3v) is 3.28. The van der Waals surface area contributed by atoms with Crippen LogP contribution in [0.2, 0.25) is 0 Å². The first-order chi connectivity index (χ1) is 8.74. The Labute approximate surface area is 104 Å². The number of amides is 1. The fraction of sp³-hybridized carbons (Fsp3) is 0.214. The maximum Gasteiger partial charge on any atom is 0.254 e. The fourth-order valence-corrected chi connectivity index (χ4v) is 2.33. The number of fused-ring (bicyclic) bond motifs is 1. The molecule has 18 heavy (non-hydrogen) atoms. The van der Waals surface area contributed by atoms with E-state index in [1.165, 1.54) is 17.8 Å². The molecular formula is C14H13FN2O. The van der Waals surface area contributed by atoms with Gasteiger partial charge in [-0.3, -0.25) is 4.79 Å². The van der Waals surface area contributed by atoms with Crippen LogP contribution < -0.4 is 0 Å². The van der Waals surface area contributed by atoms with Crippen molar-refractivity contribution in [2.24, 2.45) is 0 Å². The average Bonchev–Trinajstić information content (AvgIpc) is 2.85. The lowest BCUT2D eigenvalue weighted by Crippen LogP contribution is -2.35. The number of nitrogens with one attached hydrogen (secondary N) is 1. The molecule has 0 saturated heterocycles. The number of benzene rings is 1. The van der Waals surface area contributed by atoms with E-state index < -0.39 is 0 Å². The first-order valence-corrected chi connectivity index (χ1v) is 5.94. The molecule has 0 spiro atoms. The van der Waals surface area contributed by atoms with Gasteiger partial charge in [0.05, 0.1) is 0 Å². The summed E-state index contributed by atoms with van der Waals surface area (Å²) in [5.41, 5.74) is 2.75. The predicted octanol–water partition coefficient (Wildman–Crippen LogP) is 2.35. The summed E-state index contributed by atoms with van der Waals surface area (Å²) in [6, 6.07) is 7.83. The maximum absolute atomic E-state index is 13.1. The Balaban J connectivity index is 1.83. The molecule has 92 valence electrons. The number of rotatable bonds is 1. The van der Waals surface area contributed by atoms with E-state index >= 15 is 0 Å². The molecule has 0 saturated carbocycles. The highest BCUT2D eigenvalue weighted by Gasteiger charge is 2.22. The van der Waals surface area contributed by atoms with E-state index in [-0.39, 0.29) is 11.7 Å². The van der Waals surface area contributed by atoms with Gasteiger partial charge in [-0.05, 0) is 29.8 Å². The Morgan fingerprint density at radius 3 is 3.06 bits per heavy atom. The molecule has 0 unspecified atom stereocenters. The van der Waals surface area contributed by atoms with Crippen molar-refractivity contribution < 1.29 is 9.18 Å². The second kappa shape index (κ2) is 4.29. The predicted molar refractivity (Wildman–Crippen MR) is 65.6 cm³/mol. The highest BCUT2D eigenvalue weighted by atomic mass is 19.1. The lowest BCUT2D eigenvalue weighted by Gasteiger charge is -2.27. The molecule has 2 aromatic rings. The van der Waals surface area contributed by atoms with Crippen LogP contribution >= 0.6 is 0 Å². The molecule has 0 aliphatic carbocycles. The van der Waals surface area contributed by atoms with Crippen LogP contribution in [-0.4, -0.2) is 22.3 Å². The normalized spacial score (nSPS) is 14.4. The highest BCUT2D eigenvalue weighted by molar-refractivity contribution is 5.94. The fourth-order valence-electron chi connectivity index (χ4n) is 2.33. The van der Waals surface area contributed by atoms with Gasteiger partial charge in [0.1, 0.15) is 5.82 Å². The van der Waals surface area contributed by atoms with Gasteiger partial charge in [0, 0.05) is 37.0 Å². The number of aromatic nitrogens is 1. The van der Waals surface area contributed by atoms with Crippen molar-refractivity contribution in [3.8, 4) is 0 Å². The summed E-state index contributed by atoms with van der Waals surface area (Å²) >= 11 is 0. The number of carbonyl (C=O) groups is 1. The summed E-state index contributed by atoms with van der Waals surface area (Å²) in [5.74, 6) is -0.485. The Kier molecular flexibility index (Phi) is 2.63. The number of hydrogen-bond acceptors (Lipinski definition) is 1. The van der Waals surface area contributed by atoms with E-state index in [1.807, 2.05) is 12.3 Å². The maximum atomic E-state index is 13.1. The third kappa shape index (κ3) is 1.90. The molecular weight excluding hydrogens is 231 g/mol. The van der Waals surface area contributed by atoms with Crippen molar-refractivity contribution in [2.75, 3.05) is 6.54 Å². The van der Waals surface area contributed by atoms with Gasteiger partial charge in [0.15, 0.2) is 0 Å². The monoisotopic (exact) mass is 244 g/mol. The van der Waals surface area contributed by atoms with Crippen LogP contribution in [0.3, 0.4) is 0 Å². The van der Waals surface area contributed by atoms with E-state index in [4.69, 9.17) is 0 Å². The minimum atomic E-state index is -0.375. The molecule has 0 fully saturated rings. The zero-order chi connectivity index (χ0) is 12.5. The summed E-state index contributed by atoms with van der Waals surface area (Å²) in [6.07, 6.45) is 2.71. The number of H-pyrrole nitrogens is 1. The van der Waals surface area contributed by atoms with Crippen LogP contribution in [0, 0.1) is 5.82 Å². The second-order valence-corrected chi connectivity index (χ2v) is 4.47. The van der Waals surface area contributed by atoms with Crippen molar-refractivity contribution in [2.45, 2.75) is 13.0 Å². The molecule has 1 aliphatic heterocycles. The van der Waals surface area contributed by atoms with Gasteiger partial charge < -0.3 is 9.88 Å². The van der Waals surface area contributed by atoms with Gasteiger partial charge in [0.2, 0.25) is 0 Å². The smallest absolute Gasteiger partial charge is 0.254 e. The van der Waals surface area contributed by atoms with E-state index in [9.17, 15) is 9.18 Å². The lowest BCUT2D eigenvalue weighted by molar-refractivity contribution is 0.0734. The van der Waals surface area contributed by atoms with Crippen molar-refractivity contribution in [3.05, 3.63) is 59.2 Å². The molecule has 1 aromatic carbocycles. The summed E-state index contributed by atoms with van der Waals surface area (Å²) in [6.45, 7) is 1.26. The second-order valence-electron chi connectivity index (χ2n) is 4.47. The number of hydrogen-bond donors (Lipinski definition) is 1. The van der Waals surface area contributed by atoms with Crippen LogP contribution in [-0.2, 0) is 13.0 Å². The molecule has 3 rings (SSSR count). The molecule has 1 N–H and O–H groups in total. The Bertz CT molecular complexity index is 591. The van der Waals surface area contributed by atoms with Crippen LogP contribution in [0.25, 0.3) is 0 Å². The van der Waals surface area contributed by atoms with Gasteiger partial charge in [-0.2, -0.15) is 0 Å². The standard InChI is InChI=1S/C14H13FN2O/c15-12-3-1-2-10(8-12)14(18)17-7-5-13-11(9-17)4-6-16-13/h1-4,6,8,16H,5,7,9H2. The zero-order valence-corrected chi connectivity index (χ0v) is 9.82. The van der Waals surface area contributed by atoms with Crippen molar-refractivity contribution >= 4 is 5.91 Å². The molecule has 3 nitrogen and oxygen atoms in total. The van der Waals surface area contributed by atoms with E-state index in [0.29, 0.717) is 18.7 Å². The molecule has 4 heteroatoms. The van der Waals surface area contributed by atoms with Gasteiger partial charge in [-0.25, -0.2) is 4.39 Å².